The summed E-state index contributed by atoms with van der Waals surface area (Å²) >= 11 is 0. The molecule has 4 heteroatoms. The molecule has 0 saturated heterocycles. The summed E-state index contributed by atoms with van der Waals surface area (Å²) in [7, 11) is 0. The van der Waals surface area contributed by atoms with E-state index in [4.69, 9.17) is 5.73 Å². The maximum Gasteiger partial charge on any atom is 0.0830 e. The number of benzene rings is 1. The molecule has 0 unspecified atom stereocenters. The summed E-state index contributed by atoms with van der Waals surface area (Å²) in [4.78, 5) is 0. The molecule has 84 valence electrons. The van der Waals surface area contributed by atoms with Crippen LogP contribution in [0.15, 0.2) is 30.5 Å². The Bertz CT molecular complexity index is 444. The van der Waals surface area contributed by atoms with Crippen molar-refractivity contribution in [3.63, 3.8) is 0 Å². The van der Waals surface area contributed by atoms with Crippen LogP contribution in [0.1, 0.15) is 18.2 Å². The fourth-order valence-corrected chi connectivity index (χ4v) is 1.56. The minimum absolute atomic E-state index is 0.806. The summed E-state index contributed by atoms with van der Waals surface area (Å²) in [5, 5.41) is 8.12. The second-order valence-corrected chi connectivity index (χ2v) is 3.81. The van der Waals surface area contributed by atoms with Crippen LogP contribution in [0.25, 0.3) is 0 Å². The average Bonchev–Trinajstić information content (AvgIpc) is 2.76. The molecule has 1 aromatic carbocycles. The monoisotopic (exact) mass is 216 g/mol. The number of nitrogen functional groups attached to an aromatic ring is 1. The largest absolute Gasteiger partial charge is 0.399 e. The summed E-state index contributed by atoms with van der Waals surface area (Å²) < 4.78 is 1.85. The number of nitrogens with zero attached hydrogens (tertiary/aromatic N) is 3. The first-order valence-electron chi connectivity index (χ1n) is 5.51. The summed E-state index contributed by atoms with van der Waals surface area (Å²) in [5.74, 6) is 0. The summed E-state index contributed by atoms with van der Waals surface area (Å²) in [5.41, 5.74) is 8.75. The van der Waals surface area contributed by atoms with Crippen molar-refractivity contribution in [2.45, 2.75) is 26.3 Å². The van der Waals surface area contributed by atoms with Gasteiger partial charge in [-0.25, -0.2) is 0 Å². The van der Waals surface area contributed by atoms with E-state index in [-0.39, 0.29) is 0 Å². The number of hydrogen-bond donors (Lipinski definition) is 1. The van der Waals surface area contributed by atoms with Gasteiger partial charge in [-0.15, -0.1) is 5.10 Å². The van der Waals surface area contributed by atoms with E-state index >= 15 is 0 Å². The van der Waals surface area contributed by atoms with Crippen molar-refractivity contribution < 1.29 is 0 Å². The quantitative estimate of drug-likeness (QED) is 0.791. The van der Waals surface area contributed by atoms with E-state index in [1.165, 1.54) is 5.56 Å². The van der Waals surface area contributed by atoms with Gasteiger partial charge in [-0.2, -0.15) is 0 Å². The van der Waals surface area contributed by atoms with E-state index < -0.39 is 0 Å². The number of aryl methyl sites for hydroxylation is 3. The molecule has 0 atom stereocenters. The van der Waals surface area contributed by atoms with E-state index in [9.17, 15) is 0 Å². The number of anilines is 1. The minimum atomic E-state index is 0.806. The van der Waals surface area contributed by atoms with E-state index in [0.717, 1.165) is 30.8 Å². The molecule has 2 aromatic rings. The highest BCUT2D eigenvalue weighted by atomic mass is 15.4. The zero-order valence-corrected chi connectivity index (χ0v) is 9.43. The van der Waals surface area contributed by atoms with Gasteiger partial charge < -0.3 is 5.73 Å². The van der Waals surface area contributed by atoms with Crippen LogP contribution in [0.3, 0.4) is 0 Å². The lowest BCUT2D eigenvalue weighted by Gasteiger charge is -1.99. The molecule has 1 heterocycles. The average molecular weight is 216 g/mol. The Balaban J connectivity index is 1.94. The van der Waals surface area contributed by atoms with Crippen LogP contribution in [0.5, 0.6) is 0 Å². The third kappa shape index (κ3) is 2.59. The third-order valence-electron chi connectivity index (χ3n) is 2.56. The molecule has 2 N–H and O–H groups in total. The molecule has 1 aromatic heterocycles. The Morgan fingerprint density at radius 3 is 2.56 bits per heavy atom. The second-order valence-electron chi connectivity index (χ2n) is 3.81. The Morgan fingerprint density at radius 2 is 1.94 bits per heavy atom. The van der Waals surface area contributed by atoms with Gasteiger partial charge in [0.1, 0.15) is 0 Å². The lowest BCUT2D eigenvalue weighted by molar-refractivity contribution is 0.626. The zero-order chi connectivity index (χ0) is 11.4. The Morgan fingerprint density at radius 1 is 1.19 bits per heavy atom. The number of rotatable bonds is 4. The molecule has 0 aliphatic rings. The first-order valence-corrected chi connectivity index (χ1v) is 5.51. The molecule has 16 heavy (non-hydrogen) atoms. The van der Waals surface area contributed by atoms with E-state index in [1.807, 2.05) is 23.0 Å². The molecule has 0 radical (unpaired) electrons. The van der Waals surface area contributed by atoms with Crippen molar-refractivity contribution in [2.75, 3.05) is 5.73 Å². The fraction of sp³-hybridized carbons (Fsp3) is 0.333. The highest BCUT2D eigenvalue weighted by molar-refractivity contribution is 5.39. The lowest BCUT2D eigenvalue weighted by Crippen LogP contribution is -1.93. The first-order chi connectivity index (χ1) is 7.78. The van der Waals surface area contributed by atoms with Gasteiger partial charge in [0.15, 0.2) is 0 Å². The predicted molar refractivity (Wildman–Crippen MR) is 64.0 cm³/mol. The van der Waals surface area contributed by atoms with Crippen molar-refractivity contribution in [3.05, 3.63) is 41.7 Å². The van der Waals surface area contributed by atoms with Crippen LogP contribution in [0, 0.1) is 0 Å². The smallest absolute Gasteiger partial charge is 0.0830 e. The molecule has 4 nitrogen and oxygen atoms in total. The molecule has 2 rings (SSSR count). The lowest BCUT2D eigenvalue weighted by atomic mass is 10.1. The van der Waals surface area contributed by atoms with Gasteiger partial charge in [-0.05, 0) is 37.5 Å². The van der Waals surface area contributed by atoms with Crippen molar-refractivity contribution in [2.24, 2.45) is 0 Å². The molecule has 0 aliphatic carbocycles. The van der Waals surface area contributed by atoms with Crippen LogP contribution < -0.4 is 5.73 Å². The molecule has 0 amide bonds. The Labute approximate surface area is 95.1 Å². The molecule has 0 fully saturated rings. The molecule has 0 saturated carbocycles. The third-order valence-corrected chi connectivity index (χ3v) is 2.56. The van der Waals surface area contributed by atoms with Crippen LogP contribution in [0.4, 0.5) is 5.69 Å². The van der Waals surface area contributed by atoms with E-state index in [1.54, 1.807) is 0 Å². The van der Waals surface area contributed by atoms with Crippen molar-refractivity contribution >= 4 is 5.69 Å². The van der Waals surface area contributed by atoms with Gasteiger partial charge >= 0.3 is 0 Å². The van der Waals surface area contributed by atoms with Crippen LogP contribution >= 0.6 is 0 Å². The summed E-state index contributed by atoms with van der Waals surface area (Å²) in [6, 6.07) is 7.97. The van der Waals surface area contributed by atoms with Gasteiger partial charge in [0.05, 0.1) is 5.69 Å². The maximum atomic E-state index is 5.63. The topological polar surface area (TPSA) is 56.7 Å². The maximum absolute atomic E-state index is 5.63. The Hall–Kier alpha value is -1.84. The van der Waals surface area contributed by atoms with Gasteiger partial charge in [0, 0.05) is 18.4 Å². The van der Waals surface area contributed by atoms with Crippen molar-refractivity contribution in [1.82, 2.24) is 15.0 Å². The summed E-state index contributed by atoms with van der Waals surface area (Å²) in [6.07, 6.45) is 3.89. The highest BCUT2D eigenvalue weighted by Crippen LogP contribution is 2.08. The number of hydrogen-bond acceptors (Lipinski definition) is 3. The van der Waals surface area contributed by atoms with Crippen molar-refractivity contribution in [1.29, 1.82) is 0 Å². The van der Waals surface area contributed by atoms with E-state index in [2.05, 4.69) is 29.4 Å². The molecule has 0 aliphatic heterocycles. The predicted octanol–water partition coefficient (Wildman–Crippen LogP) is 1.67. The molecular weight excluding hydrogens is 200 g/mol. The fourth-order valence-electron chi connectivity index (χ4n) is 1.56. The van der Waals surface area contributed by atoms with E-state index in [0.29, 0.717) is 0 Å². The summed E-state index contributed by atoms with van der Waals surface area (Å²) in [6.45, 7) is 2.92. The van der Waals surface area contributed by atoms with Crippen LogP contribution in [-0.2, 0) is 19.4 Å². The standard InChI is InChI=1S/C12H16N4/c1-2-16-9-12(14-15-16)8-5-10-3-6-11(13)7-4-10/h3-4,6-7,9H,2,5,8,13H2,1H3. The zero-order valence-electron chi connectivity index (χ0n) is 9.43. The second kappa shape index (κ2) is 4.79. The van der Waals surface area contributed by atoms with Crippen molar-refractivity contribution in [3.8, 4) is 0 Å². The van der Waals surface area contributed by atoms with Gasteiger partial charge in [-0.3, -0.25) is 4.68 Å². The first kappa shape index (κ1) is 10.7. The normalized spacial score (nSPS) is 10.6. The molecular formula is C12H16N4. The Kier molecular flexibility index (Phi) is 3.19. The minimum Gasteiger partial charge on any atom is -0.399 e. The van der Waals surface area contributed by atoms with Crippen LogP contribution in [-0.4, -0.2) is 15.0 Å². The number of nitrogens with two attached hydrogens (primary N) is 1. The van der Waals surface area contributed by atoms with Gasteiger partial charge in [-0.1, -0.05) is 17.3 Å². The highest BCUT2D eigenvalue weighted by Gasteiger charge is 2.00. The van der Waals surface area contributed by atoms with Gasteiger partial charge in [0.2, 0.25) is 0 Å². The molecule has 0 spiro atoms. The number of aromatic nitrogens is 3. The van der Waals surface area contributed by atoms with Gasteiger partial charge in [0.25, 0.3) is 0 Å². The van der Waals surface area contributed by atoms with Crippen LogP contribution in [0.2, 0.25) is 0 Å². The SMILES string of the molecule is CCn1cc(CCc2ccc(N)cc2)nn1. The molecule has 0 bridgehead atoms.